The van der Waals surface area contributed by atoms with Crippen molar-refractivity contribution >= 4 is 23.6 Å². The minimum Gasteiger partial charge on any atom is -0.491 e. The van der Waals surface area contributed by atoms with Gasteiger partial charge in [0.2, 0.25) is 17.7 Å². The SMILES string of the molecule is Cc1ccccc1CCNC(=O)[C@@H]1CC(=O)N[C@H](CC(C)C)C(=O)NCCOc2ccccc2C(=O)N1. The molecule has 0 radical (unpaired) electrons. The van der Waals surface area contributed by atoms with E-state index in [1.165, 1.54) is 0 Å². The van der Waals surface area contributed by atoms with Gasteiger partial charge in [0.15, 0.2) is 0 Å². The number of aryl methyl sites for hydroxylation is 1. The third-order valence-corrected chi connectivity index (χ3v) is 6.12. The number of hydrogen-bond acceptors (Lipinski definition) is 5. The molecule has 3 rings (SSSR count). The molecular formula is C28H36N4O5. The summed E-state index contributed by atoms with van der Waals surface area (Å²) in [5.74, 6) is -1.35. The van der Waals surface area contributed by atoms with E-state index in [1.54, 1.807) is 24.3 Å². The molecule has 0 fully saturated rings. The van der Waals surface area contributed by atoms with Gasteiger partial charge in [-0.2, -0.15) is 0 Å². The van der Waals surface area contributed by atoms with Crippen LogP contribution in [0.25, 0.3) is 0 Å². The number of fused-ring (bicyclic) bond motifs is 1. The van der Waals surface area contributed by atoms with Crippen LogP contribution < -0.4 is 26.0 Å². The maximum Gasteiger partial charge on any atom is 0.255 e. The lowest BCUT2D eigenvalue weighted by molar-refractivity contribution is -0.131. The summed E-state index contributed by atoms with van der Waals surface area (Å²) in [4.78, 5) is 52.0. The molecule has 1 aliphatic rings. The van der Waals surface area contributed by atoms with Crippen molar-refractivity contribution in [2.75, 3.05) is 19.7 Å². The van der Waals surface area contributed by atoms with Gasteiger partial charge in [0.25, 0.3) is 5.91 Å². The van der Waals surface area contributed by atoms with E-state index >= 15 is 0 Å². The lowest BCUT2D eigenvalue weighted by atomic mass is 10.0. The van der Waals surface area contributed by atoms with E-state index < -0.39 is 29.8 Å². The highest BCUT2D eigenvalue weighted by Gasteiger charge is 2.28. The molecule has 0 saturated carbocycles. The summed E-state index contributed by atoms with van der Waals surface area (Å²) in [6, 6.07) is 12.6. The third kappa shape index (κ3) is 8.34. The molecule has 1 aliphatic heterocycles. The molecule has 37 heavy (non-hydrogen) atoms. The average Bonchev–Trinajstić information content (AvgIpc) is 2.86. The van der Waals surface area contributed by atoms with E-state index in [1.807, 2.05) is 45.0 Å². The van der Waals surface area contributed by atoms with Crippen LogP contribution in [0, 0.1) is 12.8 Å². The Morgan fingerprint density at radius 1 is 1.05 bits per heavy atom. The third-order valence-electron chi connectivity index (χ3n) is 6.12. The van der Waals surface area contributed by atoms with Crippen molar-refractivity contribution in [3.8, 4) is 5.75 Å². The second kappa shape index (κ2) is 13.4. The van der Waals surface area contributed by atoms with Gasteiger partial charge in [-0.1, -0.05) is 50.2 Å². The maximum absolute atomic E-state index is 13.1. The zero-order valence-electron chi connectivity index (χ0n) is 21.6. The molecule has 0 aromatic heterocycles. The Balaban J connectivity index is 1.79. The topological polar surface area (TPSA) is 126 Å². The first-order chi connectivity index (χ1) is 17.7. The number of carbonyl (C=O) groups excluding carboxylic acids is 4. The molecule has 9 nitrogen and oxygen atoms in total. The lowest BCUT2D eigenvalue weighted by Crippen LogP contribution is -2.53. The highest BCUT2D eigenvalue weighted by molar-refractivity contribution is 6.01. The average molecular weight is 509 g/mol. The van der Waals surface area contributed by atoms with Gasteiger partial charge in [-0.3, -0.25) is 19.2 Å². The van der Waals surface area contributed by atoms with E-state index in [2.05, 4.69) is 21.3 Å². The van der Waals surface area contributed by atoms with Gasteiger partial charge >= 0.3 is 0 Å². The number of benzene rings is 2. The Hall–Kier alpha value is -3.88. The highest BCUT2D eigenvalue weighted by Crippen LogP contribution is 2.18. The van der Waals surface area contributed by atoms with Crippen LogP contribution in [0.1, 0.15) is 48.2 Å². The Kier molecular flexibility index (Phi) is 10.1. The molecule has 2 atom stereocenters. The molecule has 4 N–H and O–H groups in total. The van der Waals surface area contributed by atoms with E-state index in [-0.39, 0.29) is 37.0 Å². The molecule has 0 bridgehead atoms. The molecule has 0 unspecified atom stereocenters. The van der Waals surface area contributed by atoms with Crippen LogP contribution in [0.15, 0.2) is 48.5 Å². The smallest absolute Gasteiger partial charge is 0.255 e. The van der Waals surface area contributed by atoms with Gasteiger partial charge in [-0.05, 0) is 48.9 Å². The summed E-state index contributed by atoms with van der Waals surface area (Å²) in [6.07, 6.45) is 0.729. The van der Waals surface area contributed by atoms with Crippen LogP contribution in [-0.2, 0) is 20.8 Å². The van der Waals surface area contributed by atoms with Crippen molar-refractivity contribution in [1.29, 1.82) is 0 Å². The van der Waals surface area contributed by atoms with Gasteiger partial charge in [-0.15, -0.1) is 0 Å². The summed E-state index contributed by atoms with van der Waals surface area (Å²) in [7, 11) is 0. The monoisotopic (exact) mass is 508 g/mol. The Labute approximate surface area is 217 Å². The molecule has 1 heterocycles. The zero-order chi connectivity index (χ0) is 26.8. The molecule has 2 aromatic carbocycles. The number of rotatable bonds is 6. The number of hydrogen-bond donors (Lipinski definition) is 4. The minimum absolute atomic E-state index is 0.140. The van der Waals surface area contributed by atoms with Crippen LogP contribution in [-0.4, -0.2) is 55.4 Å². The van der Waals surface area contributed by atoms with E-state index in [9.17, 15) is 19.2 Å². The van der Waals surface area contributed by atoms with E-state index in [0.29, 0.717) is 25.1 Å². The van der Waals surface area contributed by atoms with Gasteiger partial charge in [0.05, 0.1) is 18.5 Å². The van der Waals surface area contributed by atoms with Crippen LogP contribution >= 0.6 is 0 Å². The fourth-order valence-electron chi connectivity index (χ4n) is 4.16. The fraction of sp³-hybridized carbons (Fsp3) is 0.429. The Morgan fingerprint density at radius 3 is 2.54 bits per heavy atom. The highest BCUT2D eigenvalue weighted by atomic mass is 16.5. The summed E-state index contributed by atoms with van der Waals surface area (Å²) < 4.78 is 5.75. The molecule has 0 saturated heterocycles. The summed E-state index contributed by atoms with van der Waals surface area (Å²) in [5, 5.41) is 11.0. The number of nitrogens with one attached hydrogen (secondary N) is 4. The number of carbonyl (C=O) groups is 4. The van der Waals surface area contributed by atoms with Crippen molar-refractivity contribution < 1.29 is 23.9 Å². The predicted octanol–water partition coefficient (Wildman–Crippen LogP) is 1.88. The Morgan fingerprint density at radius 2 is 1.78 bits per heavy atom. The van der Waals surface area contributed by atoms with Crippen molar-refractivity contribution in [3.63, 3.8) is 0 Å². The molecule has 0 spiro atoms. The molecule has 198 valence electrons. The summed E-state index contributed by atoms with van der Waals surface area (Å²) in [5.41, 5.74) is 2.46. The van der Waals surface area contributed by atoms with Gasteiger partial charge in [0.1, 0.15) is 24.4 Å². The fourth-order valence-corrected chi connectivity index (χ4v) is 4.16. The second-order valence-electron chi connectivity index (χ2n) is 9.58. The molecular weight excluding hydrogens is 472 g/mol. The zero-order valence-corrected chi connectivity index (χ0v) is 21.6. The van der Waals surface area contributed by atoms with Crippen molar-refractivity contribution in [3.05, 3.63) is 65.2 Å². The van der Waals surface area contributed by atoms with Gasteiger partial charge in [0, 0.05) is 6.54 Å². The molecule has 9 heteroatoms. The van der Waals surface area contributed by atoms with E-state index in [0.717, 1.165) is 11.1 Å². The van der Waals surface area contributed by atoms with Crippen molar-refractivity contribution in [2.24, 2.45) is 5.92 Å². The van der Waals surface area contributed by atoms with Crippen molar-refractivity contribution in [1.82, 2.24) is 21.3 Å². The summed E-state index contributed by atoms with van der Waals surface area (Å²) >= 11 is 0. The molecule has 2 aromatic rings. The van der Waals surface area contributed by atoms with Gasteiger partial charge in [-0.25, -0.2) is 0 Å². The van der Waals surface area contributed by atoms with Gasteiger partial charge < -0.3 is 26.0 Å². The van der Waals surface area contributed by atoms with E-state index in [4.69, 9.17) is 4.74 Å². The first-order valence-corrected chi connectivity index (χ1v) is 12.7. The second-order valence-corrected chi connectivity index (χ2v) is 9.58. The standard InChI is InChI=1S/C28H36N4O5/c1-18(2)16-22-27(35)30-14-15-37-24-11-7-6-10-21(24)26(34)32-23(17-25(33)31-22)28(36)29-13-12-20-9-5-4-8-19(20)3/h4-11,18,22-23H,12-17H2,1-3H3,(H,29,36)(H,30,35)(H,31,33)(H,32,34)/t22-,23+/m1/s1. The summed E-state index contributed by atoms with van der Waals surface area (Å²) in [6.45, 7) is 6.61. The van der Waals surface area contributed by atoms with Crippen LogP contribution in [0.4, 0.5) is 0 Å². The Bertz CT molecular complexity index is 1120. The quantitative estimate of drug-likeness (QED) is 0.474. The van der Waals surface area contributed by atoms with Crippen LogP contribution in [0.2, 0.25) is 0 Å². The van der Waals surface area contributed by atoms with Crippen molar-refractivity contribution in [2.45, 2.75) is 52.1 Å². The first kappa shape index (κ1) is 27.7. The van der Waals surface area contributed by atoms with Crippen LogP contribution in [0.3, 0.4) is 0 Å². The number of ether oxygens (including phenoxy) is 1. The molecule has 4 amide bonds. The maximum atomic E-state index is 13.1. The minimum atomic E-state index is -1.14. The predicted molar refractivity (Wildman–Crippen MR) is 140 cm³/mol. The normalized spacial score (nSPS) is 19.0. The largest absolute Gasteiger partial charge is 0.491 e. The number of amides is 4. The van der Waals surface area contributed by atoms with Crippen LogP contribution in [0.5, 0.6) is 5.75 Å². The lowest BCUT2D eigenvalue weighted by Gasteiger charge is -2.24. The first-order valence-electron chi connectivity index (χ1n) is 12.7. The molecule has 0 aliphatic carbocycles. The number of para-hydroxylation sites is 1.